The summed E-state index contributed by atoms with van der Waals surface area (Å²) < 4.78 is 1.92. The van der Waals surface area contributed by atoms with Crippen LogP contribution in [0, 0.1) is 0 Å². The molecule has 1 N–H and O–H groups in total. The Kier molecular flexibility index (Phi) is 4.71. The number of rotatable bonds is 6. The minimum atomic E-state index is -0.356. The molecule has 2 aromatic heterocycles. The van der Waals surface area contributed by atoms with E-state index in [1.807, 2.05) is 54.1 Å². The zero-order valence-electron chi connectivity index (χ0n) is 14.4. The highest BCUT2D eigenvalue weighted by Crippen LogP contribution is 2.36. The van der Waals surface area contributed by atoms with Gasteiger partial charge in [-0.3, -0.25) is 9.78 Å². The predicted molar refractivity (Wildman–Crippen MR) is 100 cm³/mol. The van der Waals surface area contributed by atoms with Gasteiger partial charge in [0.05, 0.1) is 0 Å². The topological polar surface area (TPSA) is 72.7 Å². The zero-order chi connectivity index (χ0) is 17.9. The fourth-order valence-corrected chi connectivity index (χ4v) is 3.69. The number of carbonyl (C=O) groups is 1. The summed E-state index contributed by atoms with van der Waals surface area (Å²) >= 11 is 1.42. The first-order valence-electron chi connectivity index (χ1n) is 8.54. The lowest BCUT2D eigenvalue weighted by Crippen LogP contribution is -2.29. The van der Waals surface area contributed by atoms with E-state index in [0.29, 0.717) is 11.2 Å². The summed E-state index contributed by atoms with van der Waals surface area (Å²) in [6.07, 6.45) is 5.58. The molecule has 1 amide bonds. The maximum atomic E-state index is 12.8. The third-order valence-corrected chi connectivity index (χ3v) is 5.55. The fraction of sp³-hybridized carbons (Fsp3) is 0.263. The van der Waals surface area contributed by atoms with Crippen LogP contribution in [0.4, 0.5) is 0 Å². The Morgan fingerprint density at radius 1 is 1.15 bits per heavy atom. The number of pyridine rings is 1. The van der Waals surface area contributed by atoms with Crippen LogP contribution < -0.4 is 5.32 Å². The van der Waals surface area contributed by atoms with Gasteiger partial charge in [0.2, 0.25) is 5.91 Å². The molecule has 3 aromatic rings. The number of thioether (sulfide) groups is 1. The molecule has 2 heterocycles. The Labute approximate surface area is 156 Å². The van der Waals surface area contributed by atoms with Gasteiger partial charge in [-0.2, -0.15) is 0 Å². The van der Waals surface area contributed by atoms with E-state index in [9.17, 15) is 4.79 Å². The van der Waals surface area contributed by atoms with E-state index in [1.165, 1.54) is 11.8 Å². The van der Waals surface area contributed by atoms with E-state index in [-0.39, 0.29) is 11.2 Å². The molecule has 6 nitrogen and oxygen atoms in total. The molecule has 7 heteroatoms. The Bertz CT molecular complexity index is 893. The van der Waals surface area contributed by atoms with E-state index in [0.717, 1.165) is 29.8 Å². The van der Waals surface area contributed by atoms with Gasteiger partial charge in [-0.05, 0) is 30.5 Å². The second-order valence-electron chi connectivity index (χ2n) is 6.29. The minimum absolute atomic E-state index is 0.0251. The molecular formula is C19H19N5OS. The molecule has 0 spiro atoms. The SMILES string of the molecule is Cn1c(S[C@H](C(=O)NC2CC2)c2ccccc2)nnc1-c1ccncc1. The monoisotopic (exact) mass is 365 g/mol. The predicted octanol–water partition coefficient (Wildman–Crippen LogP) is 2.99. The van der Waals surface area contributed by atoms with Crippen molar-refractivity contribution < 1.29 is 4.79 Å². The molecule has 0 saturated heterocycles. The summed E-state index contributed by atoms with van der Waals surface area (Å²) in [5, 5.41) is 12.1. The van der Waals surface area contributed by atoms with Crippen LogP contribution in [0.1, 0.15) is 23.7 Å². The van der Waals surface area contributed by atoms with Crippen molar-refractivity contribution in [2.45, 2.75) is 29.3 Å². The number of amides is 1. The molecule has 1 saturated carbocycles. The summed E-state index contributed by atoms with van der Waals surface area (Å²) in [5.41, 5.74) is 1.91. The molecule has 0 radical (unpaired) electrons. The highest BCUT2D eigenvalue weighted by Gasteiger charge is 2.30. The lowest BCUT2D eigenvalue weighted by molar-refractivity contribution is -0.120. The first-order chi connectivity index (χ1) is 12.7. The van der Waals surface area contributed by atoms with Gasteiger partial charge in [0.25, 0.3) is 0 Å². The van der Waals surface area contributed by atoms with Crippen LogP contribution in [0.15, 0.2) is 60.0 Å². The number of benzene rings is 1. The number of carbonyl (C=O) groups excluding carboxylic acids is 1. The molecule has 1 atom stereocenters. The van der Waals surface area contributed by atoms with Crippen molar-refractivity contribution in [3.63, 3.8) is 0 Å². The molecule has 1 aliphatic rings. The van der Waals surface area contributed by atoms with Gasteiger partial charge in [0.1, 0.15) is 5.25 Å². The number of nitrogens with one attached hydrogen (secondary N) is 1. The van der Waals surface area contributed by atoms with Crippen molar-refractivity contribution in [2.75, 3.05) is 0 Å². The van der Waals surface area contributed by atoms with E-state index in [1.54, 1.807) is 12.4 Å². The summed E-state index contributed by atoms with van der Waals surface area (Å²) in [4.78, 5) is 16.8. The Balaban J connectivity index is 1.61. The molecule has 132 valence electrons. The first kappa shape index (κ1) is 16.8. The lowest BCUT2D eigenvalue weighted by Gasteiger charge is -2.16. The number of hydrogen-bond donors (Lipinski definition) is 1. The van der Waals surface area contributed by atoms with Crippen LogP contribution in [-0.2, 0) is 11.8 Å². The molecule has 1 aromatic carbocycles. The summed E-state index contributed by atoms with van der Waals surface area (Å²) in [6.45, 7) is 0. The van der Waals surface area contributed by atoms with Gasteiger partial charge in [-0.1, -0.05) is 42.1 Å². The normalized spacial score (nSPS) is 14.8. The Morgan fingerprint density at radius 3 is 2.58 bits per heavy atom. The number of hydrogen-bond acceptors (Lipinski definition) is 5. The van der Waals surface area contributed by atoms with Crippen LogP contribution in [0.2, 0.25) is 0 Å². The van der Waals surface area contributed by atoms with Gasteiger partial charge in [0.15, 0.2) is 11.0 Å². The quantitative estimate of drug-likeness (QED) is 0.680. The Morgan fingerprint density at radius 2 is 1.88 bits per heavy atom. The maximum absolute atomic E-state index is 12.8. The molecule has 0 aliphatic heterocycles. The molecular weight excluding hydrogens is 346 g/mol. The average molecular weight is 365 g/mol. The van der Waals surface area contributed by atoms with Gasteiger partial charge in [-0.25, -0.2) is 0 Å². The largest absolute Gasteiger partial charge is 0.352 e. The highest BCUT2D eigenvalue weighted by atomic mass is 32.2. The Hall–Kier alpha value is -2.67. The van der Waals surface area contributed by atoms with E-state index in [4.69, 9.17) is 0 Å². The van der Waals surface area contributed by atoms with E-state index in [2.05, 4.69) is 20.5 Å². The third kappa shape index (κ3) is 3.62. The summed E-state index contributed by atoms with van der Waals surface area (Å²) in [5.74, 6) is 0.779. The number of aromatic nitrogens is 4. The maximum Gasteiger partial charge on any atom is 0.238 e. The highest BCUT2D eigenvalue weighted by molar-refractivity contribution is 8.00. The molecule has 26 heavy (non-hydrogen) atoms. The lowest BCUT2D eigenvalue weighted by atomic mass is 10.1. The van der Waals surface area contributed by atoms with Gasteiger partial charge in [-0.15, -0.1) is 10.2 Å². The fourth-order valence-electron chi connectivity index (χ4n) is 2.68. The standard InChI is InChI=1S/C19H19N5OS/c1-24-17(14-9-11-20-12-10-14)22-23-19(24)26-16(13-5-3-2-4-6-13)18(25)21-15-7-8-15/h2-6,9-12,15-16H,7-8H2,1H3,(H,21,25)/t16-/m0/s1. The third-order valence-electron chi connectivity index (χ3n) is 4.26. The summed E-state index contributed by atoms with van der Waals surface area (Å²) in [6, 6.07) is 13.9. The van der Waals surface area contributed by atoms with E-state index < -0.39 is 0 Å². The number of nitrogens with zero attached hydrogens (tertiary/aromatic N) is 4. The van der Waals surface area contributed by atoms with E-state index >= 15 is 0 Å². The second kappa shape index (κ2) is 7.29. The molecule has 0 bridgehead atoms. The van der Waals surface area contributed by atoms with Crippen LogP contribution >= 0.6 is 11.8 Å². The van der Waals surface area contributed by atoms with Crippen LogP contribution in [0.5, 0.6) is 0 Å². The molecule has 0 unspecified atom stereocenters. The van der Waals surface area contributed by atoms with Gasteiger partial charge in [0, 0.05) is 31.0 Å². The van der Waals surface area contributed by atoms with Crippen LogP contribution in [0.3, 0.4) is 0 Å². The van der Waals surface area contributed by atoms with Gasteiger partial charge < -0.3 is 9.88 Å². The van der Waals surface area contributed by atoms with Crippen molar-refractivity contribution in [1.29, 1.82) is 0 Å². The van der Waals surface area contributed by atoms with Crippen molar-refractivity contribution in [2.24, 2.45) is 7.05 Å². The van der Waals surface area contributed by atoms with Crippen molar-refractivity contribution >= 4 is 17.7 Å². The van der Waals surface area contributed by atoms with Crippen molar-refractivity contribution in [1.82, 2.24) is 25.1 Å². The van der Waals surface area contributed by atoms with Gasteiger partial charge >= 0.3 is 0 Å². The first-order valence-corrected chi connectivity index (χ1v) is 9.42. The van der Waals surface area contributed by atoms with Crippen molar-refractivity contribution in [3.8, 4) is 11.4 Å². The average Bonchev–Trinajstić information content (AvgIpc) is 3.42. The smallest absolute Gasteiger partial charge is 0.238 e. The van der Waals surface area contributed by atoms with Crippen LogP contribution in [0.25, 0.3) is 11.4 Å². The summed E-state index contributed by atoms with van der Waals surface area (Å²) in [7, 11) is 1.92. The molecule has 4 rings (SSSR count). The minimum Gasteiger partial charge on any atom is -0.352 e. The second-order valence-corrected chi connectivity index (χ2v) is 7.36. The molecule has 1 aliphatic carbocycles. The van der Waals surface area contributed by atoms with Crippen LogP contribution in [-0.4, -0.2) is 31.7 Å². The van der Waals surface area contributed by atoms with Crippen molar-refractivity contribution in [3.05, 3.63) is 60.4 Å². The molecule has 1 fully saturated rings. The zero-order valence-corrected chi connectivity index (χ0v) is 15.2.